The molecule has 0 bridgehead atoms. The second-order valence-electron chi connectivity index (χ2n) is 9.14. The maximum absolute atomic E-state index is 12.5. The molecular formula is C24H34N4O5S. The quantitative estimate of drug-likeness (QED) is 0.542. The number of imide groups is 1. The first-order valence-corrected chi connectivity index (χ1v) is 13.3. The molecule has 0 aromatic heterocycles. The van der Waals surface area contributed by atoms with E-state index in [1.165, 1.54) is 17.0 Å². The topological polar surface area (TPSA) is 125 Å². The average Bonchev–Trinajstić information content (AvgIpc) is 3.09. The van der Waals surface area contributed by atoms with Crippen LogP contribution in [0.15, 0.2) is 40.3 Å². The molecule has 9 nitrogen and oxygen atoms in total. The lowest BCUT2D eigenvalue weighted by atomic mass is 9.87. The molecular weight excluding hydrogens is 456 g/mol. The molecule has 1 aromatic rings. The Hall–Kier alpha value is -2.88. The smallest absolute Gasteiger partial charge is 0.328 e. The van der Waals surface area contributed by atoms with E-state index in [0.29, 0.717) is 31.0 Å². The summed E-state index contributed by atoms with van der Waals surface area (Å²) in [5.74, 6) is 0.369. The molecule has 1 heterocycles. The summed E-state index contributed by atoms with van der Waals surface area (Å²) in [5.41, 5.74) is 2.41. The number of sulfonamides is 1. The lowest BCUT2D eigenvalue weighted by Crippen LogP contribution is -2.45. The first kappa shape index (κ1) is 25.7. The Morgan fingerprint density at radius 3 is 2.32 bits per heavy atom. The van der Waals surface area contributed by atoms with Crippen LogP contribution >= 0.6 is 0 Å². The maximum Gasteiger partial charge on any atom is 0.328 e. The normalized spacial score (nSPS) is 20.9. The van der Waals surface area contributed by atoms with Gasteiger partial charge >= 0.3 is 12.1 Å². The third-order valence-corrected chi connectivity index (χ3v) is 7.97. The van der Waals surface area contributed by atoms with Crippen LogP contribution in [-0.4, -0.2) is 50.4 Å². The van der Waals surface area contributed by atoms with E-state index in [1.807, 2.05) is 6.92 Å². The minimum Gasteiger partial charge on any atom is -0.337 e. The number of hydrogen-bond acceptors (Lipinski definition) is 5. The average molecular weight is 491 g/mol. The van der Waals surface area contributed by atoms with Gasteiger partial charge in [-0.1, -0.05) is 26.0 Å². The Labute approximate surface area is 201 Å². The first-order valence-electron chi connectivity index (χ1n) is 11.8. The zero-order valence-electron chi connectivity index (χ0n) is 20.0. The van der Waals surface area contributed by atoms with Crippen molar-refractivity contribution in [1.29, 1.82) is 0 Å². The fourth-order valence-corrected chi connectivity index (χ4v) is 5.24. The van der Waals surface area contributed by atoms with Crippen LogP contribution in [0.1, 0.15) is 58.4 Å². The van der Waals surface area contributed by atoms with Crippen molar-refractivity contribution in [3.8, 4) is 0 Å². The summed E-state index contributed by atoms with van der Waals surface area (Å²) in [6, 6.07) is 4.99. The maximum atomic E-state index is 12.5. The summed E-state index contributed by atoms with van der Waals surface area (Å²) in [4.78, 5) is 37.9. The van der Waals surface area contributed by atoms with Gasteiger partial charge in [0.2, 0.25) is 0 Å². The van der Waals surface area contributed by atoms with Gasteiger partial charge in [0.05, 0.1) is 11.4 Å². The molecule has 186 valence electrons. The van der Waals surface area contributed by atoms with E-state index in [1.54, 1.807) is 19.1 Å². The van der Waals surface area contributed by atoms with E-state index in [4.69, 9.17) is 0 Å². The Bertz CT molecular complexity index is 1060. The highest BCUT2D eigenvalue weighted by molar-refractivity contribution is 7.90. The van der Waals surface area contributed by atoms with Gasteiger partial charge in [0.15, 0.2) is 0 Å². The molecule has 10 heteroatoms. The predicted molar refractivity (Wildman–Crippen MR) is 129 cm³/mol. The molecule has 1 aliphatic heterocycles. The number of amides is 5. The summed E-state index contributed by atoms with van der Waals surface area (Å²) >= 11 is 0. The summed E-state index contributed by atoms with van der Waals surface area (Å²) in [6.45, 7) is 6.48. The number of nitrogens with one attached hydrogen (secondary N) is 3. The van der Waals surface area contributed by atoms with Crippen LogP contribution in [0.4, 0.5) is 9.59 Å². The Kier molecular flexibility index (Phi) is 8.35. The molecule has 5 amide bonds. The third kappa shape index (κ3) is 6.37. The van der Waals surface area contributed by atoms with Crippen molar-refractivity contribution in [1.82, 2.24) is 20.3 Å². The van der Waals surface area contributed by atoms with Crippen LogP contribution in [0, 0.1) is 5.92 Å². The second kappa shape index (κ2) is 11.0. The third-order valence-electron chi connectivity index (χ3n) is 6.62. The van der Waals surface area contributed by atoms with Crippen molar-refractivity contribution in [2.24, 2.45) is 5.92 Å². The molecule has 0 spiro atoms. The van der Waals surface area contributed by atoms with Crippen LogP contribution in [0.5, 0.6) is 0 Å². The zero-order chi connectivity index (χ0) is 24.9. The van der Waals surface area contributed by atoms with Crippen LogP contribution in [0.2, 0.25) is 0 Å². The van der Waals surface area contributed by atoms with Crippen molar-refractivity contribution in [3.63, 3.8) is 0 Å². The largest absolute Gasteiger partial charge is 0.337 e. The van der Waals surface area contributed by atoms with Crippen molar-refractivity contribution in [3.05, 3.63) is 41.0 Å². The SMILES string of the molecule is CCC1=C(C)C(=O)N(C(=O)NCCc2ccc(S(=O)(=O)NC(=O)NC3CCC(C)CC3)cc2)C1. The molecule has 2 aliphatic rings. The number of carbonyl (C=O) groups excluding carboxylic acids is 3. The van der Waals surface area contributed by atoms with Crippen LogP contribution in [0.3, 0.4) is 0 Å². The summed E-state index contributed by atoms with van der Waals surface area (Å²) in [5, 5.41) is 5.49. The number of urea groups is 2. The molecule has 1 fully saturated rings. The van der Waals surface area contributed by atoms with Gasteiger partial charge in [-0.05, 0) is 74.6 Å². The zero-order valence-corrected chi connectivity index (χ0v) is 20.8. The first-order chi connectivity index (χ1) is 16.1. The van der Waals surface area contributed by atoms with Gasteiger partial charge in [-0.25, -0.2) is 22.7 Å². The molecule has 0 radical (unpaired) electrons. The fourth-order valence-electron chi connectivity index (χ4n) is 4.32. The van der Waals surface area contributed by atoms with Gasteiger partial charge in [-0.15, -0.1) is 0 Å². The number of rotatable bonds is 7. The minimum absolute atomic E-state index is 0.00639. The van der Waals surface area contributed by atoms with Gasteiger partial charge in [0.25, 0.3) is 15.9 Å². The number of hydrogen-bond donors (Lipinski definition) is 3. The Morgan fingerprint density at radius 2 is 1.74 bits per heavy atom. The fraction of sp³-hybridized carbons (Fsp3) is 0.542. The minimum atomic E-state index is -3.98. The summed E-state index contributed by atoms with van der Waals surface area (Å²) in [7, 11) is -3.98. The number of benzene rings is 1. The van der Waals surface area contributed by atoms with E-state index < -0.39 is 22.1 Å². The van der Waals surface area contributed by atoms with Gasteiger partial charge in [0, 0.05) is 18.2 Å². The molecule has 34 heavy (non-hydrogen) atoms. The Balaban J connectivity index is 1.46. The molecule has 1 aliphatic carbocycles. The van der Waals surface area contributed by atoms with E-state index in [9.17, 15) is 22.8 Å². The van der Waals surface area contributed by atoms with E-state index in [-0.39, 0.29) is 16.8 Å². The molecule has 1 saturated carbocycles. The lowest BCUT2D eigenvalue weighted by Gasteiger charge is -2.26. The predicted octanol–water partition coefficient (Wildman–Crippen LogP) is 3.07. The van der Waals surface area contributed by atoms with Gasteiger partial charge in [0.1, 0.15) is 0 Å². The molecule has 0 unspecified atom stereocenters. The Morgan fingerprint density at radius 1 is 1.09 bits per heavy atom. The van der Waals surface area contributed by atoms with Crippen molar-refractivity contribution < 1.29 is 22.8 Å². The second-order valence-corrected chi connectivity index (χ2v) is 10.8. The molecule has 1 aromatic carbocycles. The molecule has 0 atom stereocenters. The van der Waals surface area contributed by atoms with Crippen LogP contribution < -0.4 is 15.4 Å². The van der Waals surface area contributed by atoms with Gasteiger partial charge < -0.3 is 10.6 Å². The van der Waals surface area contributed by atoms with Crippen molar-refractivity contribution in [2.75, 3.05) is 13.1 Å². The molecule has 0 saturated heterocycles. The standard InChI is InChI=1S/C24H34N4O5S/c1-4-19-15-28(22(29)17(19)3)24(31)25-14-13-18-7-11-21(12-8-18)34(32,33)27-23(30)26-20-9-5-16(2)6-10-20/h7-8,11-12,16,20H,4-6,9-10,13-15H2,1-3H3,(H,25,31)(H2,26,27,30). The van der Waals surface area contributed by atoms with E-state index in [0.717, 1.165) is 43.2 Å². The van der Waals surface area contributed by atoms with Crippen molar-refractivity contribution >= 4 is 28.0 Å². The lowest BCUT2D eigenvalue weighted by molar-refractivity contribution is -0.122. The highest BCUT2D eigenvalue weighted by Gasteiger charge is 2.31. The van der Waals surface area contributed by atoms with Gasteiger partial charge in [-0.3, -0.25) is 9.69 Å². The highest BCUT2D eigenvalue weighted by atomic mass is 32.2. The van der Waals surface area contributed by atoms with Crippen molar-refractivity contribution in [2.45, 2.75) is 70.2 Å². The van der Waals surface area contributed by atoms with E-state index in [2.05, 4.69) is 22.3 Å². The van der Waals surface area contributed by atoms with E-state index >= 15 is 0 Å². The van der Waals surface area contributed by atoms with Crippen LogP contribution in [-0.2, 0) is 21.2 Å². The number of carbonyl (C=O) groups is 3. The summed E-state index contributed by atoms with van der Waals surface area (Å²) < 4.78 is 27.2. The highest BCUT2D eigenvalue weighted by Crippen LogP contribution is 2.23. The number of nitrogens with zero attached hydrogens (tertiary/aromatic N) is 1. The molecule has 3 rings (SSSR count). The van der Waals surface area contributed by atoms with Crippen LogP contribution in [0.25, 0.3) is 0 Å². The van der Waals surface area contributed by atoms with Gasteiger partial charge in [-0.2, -0.15) is 0 Å². The molecule has 3 N–H and O–H groups in total. The monoisotopic (exact) mass is 490 g/mol. The summed E-state index contributed by atoms with van der Waals surface area (Å²) in [6.07, 6.45) is 4.93.